The first-order chi connectivity index (χ1) is 10.8. The molecule has 4 heterocycles. The summed E-state index contributed by atoms with van der Waals surface area (Å²) in [4.78, 5) is 21.6. The second-order valence-corrected chi connectivity index (χ2v) is 6.81. The minimum Gasteiger partial charge on any atom is -0.462 e. The number of rotatable bonds is 2. The highest BCUT2D eigenvalue weighted by Gasteiger charge is 2.32. The van der Waals surface area contributed by atoms with Gasteiger partial charge in [-0.3, -0.25) is 9.69 Å². The molecule has 0 spiro atoms. The monoisotopic (exact) mass is 317 g/mol. The maximum absolute atomic E-state index is 12.7. The van der Waals surface area contributed by atoms with Crippen LogP contribution in [0, 0.1) is 0 Å². The van der Waals surface area contributed by atoms with Gasteiger partial charge in [0.05, 0.1) is 6.26 Å². The van der Waals surface area contributed by atoms with Crippen molar-refractivity contribution in [2.45, 2.75) is 25.3 Å². The molecule has 22 heavy (non-hydrogen) atoms. The number of piperazine rings is 1. The summed E-state index contributed by atoms with van der Waals surface area (Å²) in [5.41, 5.74) is 0.542. The van der Waals surface area contributed by atoms with Gasteiger partial charge in [-0.2, -0.15) is 0 Å². The van der Waals surface area contributed by atoms with E-state index in [4.69, 9.17) is 4.42 Å². The fourth-order valence-corrected chi connectivity index (χ4v) is 4.15. The molecule has 2 aliphatic heterocycles. The van der Waals surface area contributed by atoms with E-state index in [1.165, 1.54) is 37.1 Å². The molecular weight excluding hydrogens is 298 g/mol. The van der Waals surface area contributed by atoms with E-state index < -0.39 is 0 Å². The van der Waals surface area contributed by atoms with Gasteiger partial charge in [0.2, 0.25) is 0 Å². The van der Waals surface area contributed by atoms with Crippen LogP contribution in [-0.4, -0.2) is 52.9 Å². The Kier molecular flexibility index (Phi) is 3.72. The van der Waals surface area contributed by atoms with Crippen molar-refractivity contribution in [3.63, 3.8) is 0 Å². The summed E-state index contributed by atoms with van der Waals surface area (Å²) in [5, 5.41) is 2.61. The lowest BCUT2D eigenvalue weighted by Crippen LogP contribution is -2.56. The van der Waals surface area contributed by atoms with Gasteiger partial charge in [0.1, 0.15) is 5.69 Å². The fourth-order valence-electron chi connectivity index (χ4n) is 3.39. The van der Waals surface area contributed by atoms with Gasteiger partial charge in [-0.1, -0.05) is 6.42 Å². The molecule has 2 fully saturated rings. The second-order valence-electron chi connectivity index (χ2n) is 5.95. The minimum atomic E-state index is 0.0549. The number of piperidine rings is 1. The number of thiazole rings is 1. The topological polar surface area (TPSA) is 49.6 Å². The quantitative estimate of drug-likeness (QED) is 0.854. The van der Waals surface area contributed by atoms with E-state index in [0.717, 1.165) is 30.4 Å². The molecule has 2 aromatic heterocycles. The van der Waals surface area contributed by atoms with E-state index in [9.17, 15) is 4.79 Å². The van der Waals surface area contributed by atoms with Gasteiger partial charge in [0.25, 0.3) is 5.91 Å². The van der Waals surface area contributed by atoms with Crippen LogP contribution < -0.4 is 0 Å². The summed E-state index contributed by atoms with van der Waals surface area (Å²) in [7, 11) is 0. The van der Waals surface area contributed by atoms with Gasteiger partial charge < -0.3 is 9.32 Å². The van der Waals surface area contributed by atoms with Crippen molar-refractivity contribution in [3.05, 3.63) is 29.5 Å². The Morgan fingerprint density at radius 2 is 2.27 bits per heavy atom. The Balaban J connectivity index is 1.48. The Morgan fingerprint density at radius 1 is 1.32 bits per heavy atom. The number of hydrogen-bond donors (Lipinski definition) is 0. The average molecular weight is 317 g/mol. The molecule has 2 aromatic rings. The van der Waals surface area contributed by atoms with E-state index in [1.807, 2.05) is 22.4 Å². The number of furan rings is 1. The largest absolute Gasteiger partial charge is 0.462 e. The van der Waals surface area contributed by atoms with Gasteiger partial charge >= 0.3 is 0 Å². The second kappa shape index (κ2) is 5.85. The fraction of sp³-hybridized carbons (Fsp3) is 0.500. The normalized spacial score (nSPS) is 22.5. The average Bonchev–Trinajstić information content (AvgIpc) is 3.24. The summed E-state index contributed by atoms with van der Waals surface area (Å²) in [6.07, 6.45) is 5.41. The van der Waals surface area contributed by atoms with Crippen molar-refractivity contribution < 1.29 is 9.21 Å². The molecule has 0 bridgehead atoms. The summed E-state index contributed by atoms with van der Waals surface area (Å²) in [6.45, 7) is 3.83. The summed E-state index contributed by atoms with van der Waals surface area (Å²) in [6, 6.07) is 4.24. The zero-order valence-corrected chi connectivity index (χ0v) is 13.2. The van der Waals surface area contributed by atoms with E-state index in [1.54, 1.807) is 6.26 Å². The van der Waals surface area contributed by atoms with E-state index in [2.05, 4.69) is 9.88 Å². The Labute approximate surface area is 133 Å². The first-order valence-corrected chi connectivity index (χ1v) is 8.72. The van der Waals surface area contributed by atoms with Gasteiger partial charge in [-0.25, -0.2) is 4.98 Å². The first kappa shape index (κ1) is 14.0. The highest BCUT2D eigenvalue weighted by atomic mass is 32.1. The standard InChI is InChI=1S/C16H19N3O2S/c20-16(13-11-22-15(17-13)14-5-3-9-21-14)19-8-7-18-6-2-1-4-12(18)10-19/h3,5,9,11-12H,1-2,4,6-8,10H2/t12-/m0/s1. The highest BCUT2D eigenvalue weighted by molar-refractivity contribution is 7.13. The predicted octanol–water partition coefficient (Wildman–Crippen LogP) is 2.71. The Bertz CT molecular complexity index is 652. The molecule has 1 atom stereocenters. The number of hydrogen-bond acceptors (Lipinski definition) is 5. The van der Waals surface area contributed by atoms with Crippen LogP contribution in [0.5, 0.6) is 0 Å². The Hall–Kier alpha value is -1.66. The van der Waals surface area contributed by atoms with Gasteiger partial charge in [0.15, 0.2) is 10.8 Å². The third-order valence-corrected chi connectivity index (χ3v) is 5.44. The van der Waals surface area contributed by atoms with Crippen molar-refractivity contribution in [1.82, 2.24) is 14.8 Å². The van der Waals surface area contributed by atoms with Crippen LogP contribution in [0.2, 0.25) is 0 Å². The maximum Gasteiger partial charge on any atom is 0.273 e. The van der Waals surface area contributed by atoms with Gasteiger partial charge in [-0.05, 0) is 31.5 Å². The molecule has 2 saturated heterocycles. The van der Waals surface area contributed by atoms with Crippen molar-refractivity contribution >= 4 is 17.2 Å². The molecule has 5 nitrogen and oxygen atoms in total. The van der Waals surface area contributed by atoms with Crippen LogP contribution in [0.15, 0.2) is 28.2 Å². The molecule has 0 saturated carbocycles. The molecule has 0 radical (unpaired) electrons. The number of nitrogens with zero attached hydrogens (tertiary/aromatic N) is 3. The molecule has 2 aliphatic rings. The maximum atomic E-state index is 12.7. The zero-order chi connectivity index (χ0) is 14.9. The van der Waals surface area contributed by atoms with E-state index in [0.29, 0.717) is 11.7 Å². The van der Waals surface area contributed by atoms with Gasteiger partial charge in [-0.15, -0.1) is 11.3 Å². The molecule has 116 valence electrons. The smallest absolute Gasteiger partial charge is 0.273 e. The van der Waals surface area contributed by atoms with Crippen LogP contribution in [0.3, 0.4) is 0 Å². The zero-order valence-electron chi connectivity index (χ0n) is 12.4. The summed E-state index contributed by atoms with van der Waals surface area (Å²) >= 11 is 1.46. The van der Waals surface area contributed by atoms with E-state index in [-0.39, 0.29) is 5.91 Å². The van der Waals surface area contributed by atoms with Crippen LogP contribution in [0.4, 0.5) is 0 Å². The Morgan fingerprint density at radius 3 is 3.14 bits per heavy atom. The molecule has 0 aromatic carbocycles. The number of aromatic nitrogens is 1. The lowest BCUT2D eigenvalue weighted by atomic mass is 9.99. The third kappa shape index (κ3) is 2.57. The predicted molar refractivity (Wildman–Crippen MR) is 84.9 cm³/mol. The molecular formula is C16H19N3O2S. The molecule has 0 unspecified atom stereocenters. The van der Waals surface area contributed by atoms with Crippen LogP contribution in [-0.2, 0) is 0 Å². The van der Waals surface area contributed by atoms with Crippen molar-refractivity contribution in [2.24, 2.45) is 0 Å². The summed E-state index contributed by atoms with van der Waals surface area (Å²) < 4.78 is 5.35. The van der Waals surface area contributed by atoms with Crippen molar-refractivity contribution in [2.75, 3.05) is 26.2 Å². The number of fused-ring (bicyclic) bond motifs is 1. The first-order valence-electron chi connectivity index (χ1n) is 7.84. The molecule has 1 amide bonds. The third-order valence-electron chi connectivity index (χ3n) is 4.58. The molecule has 6 heteroatoms. The SMILES string of the molecule is O=C(c1csc(-c2ccco2)n1)N1CCN2CCCC[C@H]2C1. The minimum absolute atomic E-state index is 0.0549. The van der Waals surface area contributed by atoms with Crippen molar-refractivity contribution in [3.8, 4) is 10.8 Å². The lowest BCUT2D eigenvalue weighted by molar-refractivity contribution is 0.0369. The summed E-state index contributed by atoms with van der Waals surface area (Å²) in [5.74, 6) is 0.778. The molecule has 0 N–H and O–H groups in total. The highest BCUT2D eigenvalue weighted by Crippen LogP contribution is 2.26. The number of carbonyl (C=O) groups is 1. The molecule has 0 aliphatic carbocycles. The van der Waals surface area contributed by atoms with E-state index >= 15 is 0 Å². The number of carbonyl (C=O) groups excluding carboxylic acids is 1. The molecule has 4 rings (SSSR count). The van der Waals surface area contributed by atoms with Crippen LogP contribution >= 0.6 is 11.3 Å². The van der Waals surface area contributed by atoms with Crippen LogP contribution in [0.1, 0.15) is 29.8 Å². The van der Waals surface area contributed by atoms with Gasteiger partial charge in [0, 0.05) is 31.1 Å². The van der Waals surface area contributed by atoms with Crippen molar-refractivity contribution in [1.29, 1.82) is 0 Å². The van der Waals surface area contributed by atoms with Crippen LogP contribution in [0.25, 0.3) is 10.8 Å². The lowest BCUT2D eigenvalue weighted by Gasteiger charge is -2.43. The number of amides is 1.